The van der Waals surface area contributed by atoms with Gasteiger partial charge in [-0.3, -0.25) is 0 Å². The molecule has 5 nitrogen and oxygen atoms in total. The molecule has 0 amide bonds. The fraction of sp³-hybridized carbons (Fsp3) is 1.00. The zero-order chi connectivity index (χ0) is 12.8. The molecular formula is C10H24N2O3S. The van der Waals surface area contributed by atoms with Gasteiger partial charge in [0, 0.05) is 19.6 Å². The number of aliphatic hydroxyl groups excluding tert-OH is 1. The van der Waals surface area contributed by atoms with Gasteiger partial charge in [0.1, 0.15) is 0 Å². The van der Waals surface area contributed by atoms with E-state index in [1.807, 2.05) is 25.9 Å². The van der Waals surface area contributed by atoms with Gasteiger partial charge in [-0.25, -0.2) is 12.7 Å². The first-order valence-electron chi connectivity index (χ1n) is 5.60. The third-order valence-corrected chi connectivity index (χ3v) is 4.65. The van der Waals surface area contributed by atoms with Gasteiger partial charge in [0.15, 0.2) is 0 Å². The first-order chi connectivity index (χ1) is 7.36. The summed E-state index contributed by atoms with van der Waals surface area (Å²) in [4.78, 5) is 1.95. The van der Waals surface area contributed by atoms with Crippen LogP contribution in [0.25, 0.3) is 0 Å². The maximum atomic E-state index is 12.0. The number of nitrogens with zero attached hydrogens (tertiary/aromatic N) is 2. The molecule has 0 aromatic heterocycles. The maximum Gasteiger partial charge on any atom is 0.219 e. The van der Waals surface area contributed by atoms with E-state index < -0.39 is 15.3 Å². The van der Waals surface area contributed by atoms with E-state index in [0.717, 1.165) is 6.42 Å². The van der Waals surface area contributed by atoms with Gasteiger partial charge in [-0.15, -0.1) is 0 Å². The largest absolute Gasteiger partial charge is 0.395 e. The van der Waals surface area contributed by atoms with Crippen LogP contribution in [0.2, 0.25) is 0 Å². The van der Waals surface area contributed by atoms with Crippen LogP contribution in [0.15, 0.2) is 0 Å². The van der Waals surface area contributed by atoms with E-state index in [0.29, 0.717) is 19.6 Å². The number of hydrogen-bond acceptors (Lipinski definition) is 4. The molecule has 0 spiro atoms. The lowest BCUT2D eigenvalue weighted by molar-refractivity contribution is 0.284. The Morgan fingerprint density at radius 2 is 1.75 bits per heavy atom. The third kappa shape index (κ3) is 4.78. The average molecular weight is 252 g/mol. The summed E-state index contributed by atoms with van der Waals surface area (Å²) in [5.41, 5.74) is 0. The summed E-state index contributed by atoms with van der Waals surface area (Å²) in [5, 5.41) is 8.23. The van der Waals surface area contributed by atoms with Crippen LogP contribution in [0.1, 0.15) is 20.3 Å². The number of rotatable bonds is 8. The van der Waals surface area contributed by atoms with Gasteiger partial charge >= 0.3 is 0 Å². The topological polar surface area (TPSA) is 60.9 Å². The highest BCUT2D eigenvalue weighted by Gasteiger charge is 2.27. The average Bonchev–Trinajstić information content (AvgIpc) is 2.22. The third-order valence-electron chi connectivity index (χ3n) is 2.40. The first kappa shape index (κ1) is 15.8. The van der Waals surface area contributed by atoms with Gasteiger partial charge in [-0.2, -0.15) is 0 Å². The molecule has 0 saturated heterocycles. The summed E-state index contributed by atoms with van der Waals surface area (Å²) in [7, 11) is 0.466. The molecule has 1 atom stereocenters. The highest BCUT2D eigenvalue weighted by molar-refractivity contribution is 7.89. The molecule has 0 aromatic rings. The van der Waals surface area contributed by atoms with Crippen LogP contribution in [0.3, 0.4) is 0 Å². The van der Waals surface area contributed by atoms with Crippen molar-refractivity contribution in [2.75, 3.05) is 40.3 Å². The van der Waals surface area contributed by atoms with E-state index in [-0.39, 0.29) is 6.61 Å². The molecular weight excluding hydrogens is 228 g/mol. The van der Waals surface area contributed by atoms with Crippen molar-refractivity contribution in [1.29, 1.82) is 0 Å². The molecule has 16 heavy (non-hydrogen) atoms. The zero-order valence-corrected chi connectivity index (χ0v) is 11.5. The Kier molecular flexibility index (Phi) is 7.14. The van der Waals surface area contributed by atoms with Gasteiger partial charge in [0.05, 0.1) is 11.9 Å². The number of aliphatic hydroxyl groups is 1. The monoisotopic (exact) mass is 252 g/mol. The molecule has 0 heterocycles. The fourth-order valence-electron chi connectivity index (χ4n) is 1.28. The van der Waals surface area contributed by atoms with Crippen molar-refractivity contribution in [3.05, 3.63) is 0 Å². The summed E-state index contributed by atoms with van der Waals surface area (Å²) in [5.74, 6) is 0. The van der Waals surface area contributed by atoms with E-state index in [1.54, 1.807) is 0 Å². The minimum absolute atomic E-state index is 0.329. The Labute approximate surface area is 99.1 Å². The van der Waals surface area contributed by atoms with Gasteiger partial charge in [-0.05, 0) is 27.4 Å². The van der Waals surface area contributed by atoms with E-state index in [4.69, 9.17) is 5.11 Å². The van der Waals surface area contributed by atoms with E-state index >= 15 is 0 Å². The summed E-state index contributed by atoms with van der Waals surface area (Å²) in [6, 6.07) is 0. The first-order valence-corrected chi connectivity index (χ1v) is 7.11. The summed E-state index contributed by atoms with van der Waals surface area (Å²) in [6.07, 6.45) is 0.783. The molecule has 0 radical (unpaired) electrons. The van der Waals surface area contributed by atoms with Crippen molar-refractivity contribution < 1.29 is 13.5 Å². The Hall–Kier alpha value is -0.170. The van der Waals surface area contributed by atoms with E-state index in [1.165, 1.54) is 11.2 Å². The van der Waals surface area contributed by atoms with E-state index in [2.05, 4.69) is 0 Å². The van der Waals surface area contributed by atoms with Crippen molar-refractivity contribution in [2.24, 2.45) is 0 Å². The number of likely N-dealkylation sites (N-methyl/N-ethyl adjacent to an activating group) is 1. The molecule has 0 rings (SSSR count). The quantitative estimate of drug-likeness (QED) is 0.659. The molecule has 6 heteroatoms. The van der Waals surface area contributed by atoms with E-state index in [9.17, 15) is 8.42 Å². The van der Waals surface area contributed by atoms with Crippen molar-refractivity contribution >= 4 is 10.0 Å². The zero-order valence-electron chi connectivity index (χ0n) is 10.7. The van der Waals surface area contributed by atoms with Crippen molar-refractivity contribution in [2.45, 2.75) is 25.5 Å². The SMILES string of the molecule is CCCN(CCN(C)C)S(=O)(=O)C(C)CO. The van der Waals surface area contributed by atoms with Gasteiger partial charge in [-0.1, -0.05) is 6.92 Å². The number of sulfonamides is 1. The lowest BCUT2D eigenvalue weighted by Crippen LogP contribution is -2.42. The number of hydrogen-bond donors (Lipinski definition) is 1. The molecule has 1 unspecified atom stereocenters. The van der Waals surface area contributed by atoms with Crippen LogP contribution in [-0.4, -0.2) is 68.3 Å². The van der Waals surface area contributed by atoms with Gasteiger partial charge in [0.2, 0.25) is 10.0 Å². The second kappa shape index (κ2) is 7.21. The van der Waals surface area contributed by atoms with Crippen LogP contribution in [0.4, 0.5) is 0 Å². The molecule has 0 fully saturated rings. The van der Waals surface area contributed by atoms with Crippen LogP contribution < -0.4 is 0 Å². The summed E-state index contributed by atoms with van der Waals surface area (Å²) < 4.78 is 25.5. The smallest absolute Gasteiger partial charge is 0.219 e. The molecule has 98 valence electrons. The molecule has 0 aliphatic carbocycles. The predicted octanol–water partition coefficient (Wildman–Crippen LogP) is -0.0294. The standard InChI is InChI=1S/C10H24N2O3S/c1-5-6-12(8-7-11(3)4)16(14,15)10(2)9-13/h10,13H,5-9H2,1-4H3. The second-order valence-electron chi connectivity index (χ2n) is 4.24. The lowest BCUT2D eigenvalue weighted by atomic mass is 10.4. The van der Waals surface area contributed by atoms with Crippen LogP contribution in [-0.2, 0) is 10.0 Å². The Morgan fingerprint density at radius 1 is 1.19 bits per heavy atom. The molecule has 0 saturated carbocycles. The minimum Gasteiger partial charge on any atom is -0.395 e. The van der Waals surface area contributed by atoms with Crippen molar-refractivity contribution in [3.63, 3.8) is 0 Å². The second-order valence-corrected chi connectivity index (χ2v) is 6.59. The summed E-state index contributed by atoms with van der Waals surface area (Å²) >= 11 is 0. The molecule has 0 bridgehead atoms. The van der Waals surface area contributed by atoms with Crippen molar-refractivity contribution in [3.8, 4) is 0 Å². The Balaban J connectivity index is 4.63. The lowest BCUT2D eigenvalue weighted by Gasteiger charge is -2.25. The van der Waals surface area contributed by atoms with Gasteiger partial charge in [0.25, 0.3) is 0 Å². The molecule has 0 aromatic carbocycles. The molecule has 0 aliphatic heterocycles. The van der Waals surface area contributed by atoms with Crippen LogP contribution in [0, 0.1) is 0 Å². The minimum atomic E-state index is -3.35. The highest BCUT2D eigenvalue weighted by atomic mass is 32.2. The maximum absolute atomic E-state index is 12.0. The van der Waals surface area contributed by atoms with Crippen molar-refractivity contribution in [1.82, 2.24) is 9.21 Å². The highest BCUT2D eigenvalue weighted by Crippen LogP contribution is 2.09. The fourth-order valence-corrected chi connectivity index (χ4v) is 2.75. The molecule has 1 N–H and O–H groups in total. The van der Waals surface area contributed by atoms with Crippen LogP contribution >= 0.6 is 0 Å². The normalized spacial score (nSPS) is 14.7. The summed E-state index contributed by atoms with van der Waals surface area (Å²) in [6.45, 7) is 4.84. The van der Waals surface area contributed by atoms with Gasteiger partial charge < -0.3 is 10.0 Å². The Bertz CT molecular complexity index is 278. The van der Waals surface area contributed by atoms with Crippen LogP contribution in [0.5, 0.6) is 0 Å². The predicted molar refractivity (Wildman–Crippen MR) is 65.9 cm³/mol. The molecule has 0 aliphatic rings. The Morgan fingerprint density at radius 3 is 2.12 bits per heavy atom.